The smallest absolute Gasteiger partial charge is 0.307 e. The van der Waals surface area contributed by atoms with Crippen LogP contribution in [0.5, 0.6) is 0 Å². The molecular formula is C14H25N3O2. The van der Waals surface area contributed by atoms with Gasteiger partial charge in [-0.25, -0.2) is 4.98 Å². The Kier molecular flexibility index (Phi) is 7.18. The van der Waals surface area contributed by atoms with E-state index in [2.05, 4.69) is 21.4 Å². The molecule has 0 amide bonds. The molecule has 0 radical (unpaired) electrons. The van der Waals surface area contributed by atoms with Crippen molar-refractivity contribution < 1.29 is 9.90 Å². The lowest BCUT2D eigenvalue weighted by Gasteiger charge is -2.24. The third-order valence-electron chi connectivity index (χ3n) is 3.23. The van der Waals surface area contributed by atoms with Crippen LogP contribution < -0.4 is 0 Å². The molecule has 0 aliphatic carbocycles. The lowest BCUT2D eigenvalue weighted by molar-refractivity contribution is -0.141. The second kappa shape index (κ2) is 8.69. The van der Waals surface area contributed by atoms with Crippen LogP contribution >= 0.6 is 0 Å². The van der Waals surface area contributed by atoms with Crippen LogP contribution in [-0.4, -0.2) is 45.2 Å². The van der Waals surface area contributed by atoms with Gasteiger partial charge in [0, 0.05) is 25.5 Å². The molecule has 1 atom stereocenters. The minimum Gasteiger partial charge on any atom is -0.481 e. The molecule has 0 saturated heterocycles. The van der Waals surface area contributed by atoms with Crippen LogP contribution in [0, 0.1) is 5.92 Å². The number of rotatable bonds is 10. The number of aromatic nitrogens is 2. The average Bonchev–Trinajstić information content (AvgIpc) is 2.88. The van der Waals surface area contributed by atoms with E-state index in [1.165, 1.54) is 0 Å². The lowest BCUT2D eigenvalue weighted by atomic mass is 10.1. The molecule has 0 aromatic carbocycles. The second-order valence-electron chi connectivity index (χ2n) is 5.05. The molecule has 5 nitrogen and oxygen atoms in total. The van der Waals surface area contributed by atoms with Gasteiger partial charge in [0.25, 0.3) is 0 Å². The Morgan fingerprint density at radius 1 is 1.42 bits per heavy atom. The summed E-state index contributed by atoms with van der Waals surface area (Å²) >= 11 is 0. The van der Waals surface area contributed by atoms with E-state index in [0.29, 0.717) is 6.54 Å². The molecule has 1 N–H and O–H groups in total. The molecule has 0 aliphatic heterocycles. The summed E-state index contributed by atoms with van der Waals surface area (Å²) in [6, 6.07) is 0. The third-order valence-corrected chi connectivity index (χ3v) is 3.23. The van der Waals surface area contributed by atoms with Gasteiger partial charge in [0.15, 0.2) is 0 Å². The van der Waals surface area contributed by atoms with Gasteiger partial charge >= 0.3 is 5.97 Å². The van der Waals surface area contributed by atoms with Crippen molar-refractivity contribution in [2.24, 2.45) is 5.92 Å². The van der Waals surface area contributed by atoms with Crippen LogP contribution in [0.2, 0.25) is 0 Å². The van der Waals surface area contributed by atoms with Crippen molar-refractivity contribution >= 4 is 5.97 Å². The molecule has 108 valence electrons. The number of carbonyl (C=O) groups is 1. The van der Waals surface area contributed by atoms with Crippen molar-refractivity contribution in [1.82, 2.24) is 14.5 Å². The summed E-state index contributed by atoms with van der Waals surface area (Å²) < 4.78 is 2.05. The van der Waals surface area contributed by atoms with E-state index in [4.69, 9.17) is 5.11 Å². The van der Waals surface area contributed by atoms with Crippen LogP contribution in [0.4, 0.5) is 0 Å². The highest BCUT2D eigenvalue weighted by atomic mass is 16.4. The highest BCUT2D eigenvalue weighted by Gasteiger charge is 2.15. The lowest BCUT2D eigenvalue weighted by Crippen LogP contribution is -2.33. The number of hydrogen-bond acceptors (Lipinski definition) is 3. The van der Waals surface area contributed by atoms with Gasteiger partial charge < -0.3 is 14.6 Å². The number of aliphatic carboxylic acids is 1. The van der Waals surface area contributed by atoms with Crippen molar-refractivity contribution in [3.8, 4) is 0 Å². The maximum atomic E-state index is 10.9. The predicted molar refractivity (Wildman–Crippen MR) is 75.0 cm³/mol. The molecule has 1 aromatic heterocycles. The Balaban J connectivity index is 2.33. The molecule has 1 heterocycles. The topological polar surface area (TPSA) is 58.4 Å². The standard InChI is InChI=1S/C14H25N3O2/c1-3-4-7-16(11-13(2)14(18)19)8-5-9-17-10-6-15-12-17/h6,10,12-13H,3-5,7-9,11H2,1-2H3,(H,18,19). The van der Waals surface area contributed by atoms with Crippen LogP contribution in [0.25, 0.3) is 0 Å². The first-order valence-electron chi connectivity index (χ1n) is 7.04. The minimum absolute atomic E-state index is 0.301. The quantitative estimate of drug-likeness (QED) is 0.705. The fraction of sp³-hybridized carbons (Fsp3) is 0.714. The zero-order chi connectivity index (χ0) is 14.1. The van der Waals surface area contributed by atoms with Gasteiger partial charge in [-0.05, 0) is 25.9 Å². The zero-order valence-electron chi connectivity index (χ0n) is 12.0. The molecule has 5 heteroatoms. The maximum Gasteiger partial charge on any atom is 0.307 e. The molecule has 0 spiro atoms. The van der Waals surface area contributed by atoms with Crippen LogP contribution in [0.3, 0.4) is 0 Å². The van der Waals surface area contributed by atoms with E-state index in [1.54, 1.807) is 13.1 Å². The predicted octanol–water partition coefficient (Wildman–Crippen LogP) is 2.10. The zero-order valence-corrected chi connectivity index (χ0v) is 12.0. The van der Waals surface area contributed by atoms with Gasteiger partial charge in [0.2, 0.25) is 0 Å². The van der Waals surface area contributed by atoms with Gasteiger partial charge in [-0.2, -0.15) is 0 Å². The molecule has 0 saturated carbocycles. The summed E-state index contributed by atoms with van der Waals surface area (Å²) in [5, 5.41) is 8.99. The summed E-state index contributed by atoms with van der Waals surface area (Å²) in [5.41, 5.74) is 0. The molecule has 19 heavy (non-hydrogen) atoms. The van der Waals surface area contributed by atoms with E-state index in [1.807, 2.05) is 12.5 Å². The minimum atomic E-state index is -0.712. The Bertz CT molecular complexity index is 352. The fourth-order valence-electron chi connectivity index (χ4n) is 2.04. The van der Waals surface area contributed by atoms with E-state index >= 15 is 0 Å². The molecule has 1 unspecified atom stereocenters. The van der Waals surface area contributed by atoms with E-state index in [-0.39, 0.29) is 5.92 Å². The summed E-state index contributed by atoms with van der Waals surface area (Å²) in [4.78, 5) is 17.2. The average molecular weight is 267 g/mol. The molecule has 1 aromatic rings. The van der Waals surface area contributed by atoms with Gasteiger partial charge in [-0.1, -0.05) is 20.3 Å². The van der Waals surface area contributed by atoms with Crippen molar-refractivity contribution in [3.05, 3.63) is 18.7 Å². The van der Waals surface area contributed by atoms with Crippen molar-refractivity contribution in [2.75, 3.05) is 19.6 Å². The third kappa shape index (κ3) is 6.38. The number of carboxylic acid groups (broad SMARTS) is 1. The van der Waals surface area contributed by atoms with Crippen LogP contribution in [-0.2, 0) is 11.3 Å². The Hall–Kier alpha value is -1.36. The number of nitrogens with zero attached hydrogens (tertiary/aromatic N) is 3. The molecular weight excluding hydrogens is 242 g/mol. The Labute approximate surface area is 115 Å². The number of imidazole rings is 1. The van der Waals surface area contributed by atoms with E-state index in [9.17, 15) is 4.79 Å². The van der Waals surface area contributed by atoms with Crippen LogP contribution in [0.1, 0.15) is 33.1 Å². The highest BCUT2D eigenvalue weighted by Crippen LogP contribution is 2.04. The Morgan fingerprint density at radius 2 is 2.16 bits per heavy atom. The van der Waals surface area contributed by atoms with Crippen molar-refractivity contribution in [1.29, 1.82) is 0 Å². The Morgan fingerprint density at radius 3 is 2.74 bits per heavy atom. The monoisotopic (exact) mass is 267 g/mol. The molecule has 0 bridgehead atoms. The number of carboxylic acids is 1. The summed E-state index contributed by atoms with van der Waals surface area (Å²) in [5.74, 6) is -1.01. The largest absolute Gasteiger partial charge is 0.481 e. The number of hydrogen-bond donors (Lipinski definition) is 1. The van der Waals surface area contributed by atoms with Gasteiger partial charge in [0.1, 0.15) is 0 Å². The second-order valence-corrected chi connectivity index (χ2v) is 5.05. The highest BCUT2D eigenvalue weighted by molar-refractivity contribution is 5.69. The van der Waals surface area contributed by atoms with E-state index in [0.717, 1.165) is 38.9 Å². The van der Waals surface area contributed by atoms with Crippen molar-refractivity contribution in [3.63, 3.8) is 0 Å². The summed E-state index contributed by atoms with van der Waals surface area (Å²) in [6.07, 6.45) is 8.83. The first-order chi connectivity index (χ1) is 9.13. The first kappa shape index (κ1) is 15.7. The first-order valence-corrected chi connectivity index (χ1v) is 7.04. The molecule has 0 aliphatic rings. The maximum absolute atomic E-state index is 10.9. The van der Waals surface area contributed by atoms with E-state index < -0.39 is 5.97 Å². The summed E-state index contributed by atoms with van der Waals surface area (Å²) in [6.45, 7) is 7.43. The number of aryl methyl sites for hydroxylation is 1. The molecule has 0 fully saturated rings. The number of unbranched alkanes of at least 4 members (excludes halogenated alkanes) is 1. The SMILES string of the molecule is CCCCN(CCCn1ccnc1)CC(C)C(=O)O. The van der Waals surface area contributed by atoms with Gasteiger partial charge in [-0.15, -0.1) is 0 Å². The van der Waals surface area contributed by atoms with Crippen molar-refractivity contribution in [2.45, 2.75) is 39.7 Å². The molecule has 1 rings (SSSR count). The summed E-state index contributed by atoms with van der Waals surface area (Å²) in [7, 11) is 0. The van der Waals surface area contributed by atoms with Crippen LogP contribution in [0.15, 0.2) is 18.7 Å². The van der Waals surface area contributed by atoms with Gasteiger partial charge in [-0.3, -0.25) is 4.79 Å². The fourth-order valence-corrected chi connectivity index (χ4v) is 2.04. The van der Waals surface area contributed by atoms with Gasteiger partial charge in [0.05, 0.1) is 12.2 Å². The normalized spacial score (nSPS) is 12.8.